The van der Waals surface area contributed by atoms with E-state index in [9.17, 15) is 13.8 Å². The monoisotopic (exact) mass is 734 g/mol. The van der Waals surface area contributed by atoms with Crippen LogP contribution in [0.1, 0.15) is 84.8 Å². The maximum atomic E-state index is 14.8. The number of nitrogens with one attached hydrogen (secondary N) is 1. The van der Waals surface area contributed by atoms with Crippen molar-refractivity contribution in [3.8, 4) is 5.75 Å². The summed E-state index contributed by atoms with van der Waals surface area (Å²) in [5.74, 6) is 0.252. The van der Waals surface area contributed by atoms with Gasteiger partial charge in [0.1, 0.15) is 15.6 Å². The Bertz CT molecular complexity index is 1970. The van der Waals surface area contributed by atoms with Crippen molar-refractivity contribution in [2.75, 3.05) is 31.7 Å². The molecular weight excluding hydrogens is 688 g/mol. The Morgan fingerprint density at radius 2 is 2.06 bits per heavy atom. The first-order chi connectivity index (χ1) is 24.5. The molecule has 1 aromatic carbocycles. The quantitative estimate of drug-likeness (QED) is 0.305. The molecule has 13 heteroatoms. The van der Waals surface area contributed by atoms with Crippen molar-refractivity contribution in [3.63, 3.8) is 0 Å². The normalized spacial score (nSPS) is 31.3. The Kier molecular flexibility index (Phi) is 10.0. The van der Waals surface area contributed by atoms with Gasteiger partial charge in [0.2, 0.25) is 0 Å². The molecule has 1 unspecified atom stereocenters. The molecule has 2 aromatic heterocycles. The van der Waals surface area contributed by atoms with Crippen LogP contribution in [0.2, 0.25) is 5.02 Å². The molecule has 1 spiro atoms. The Labute approximate surface area is 305 Å². The lowest BCUT2D eigenvalue weighted by Crippen LogP contribution is -2.49. The molecule has 0 saturated heterocycles. The Balaban J connectivity index is 1.32. The number of nitrogens with zero attached hydrogens (tertiary/aromatic N) is 5. The number of pyridine rings is 1. The predicted molar refractivity (Wildman–Crippen MR) is 198 cm³/mol. The van der Waals surface area contributed by atoms with E-state index in [1.165, 1.54) is 17.3 Å². The molecule has 1 fully saturated rings. The van der Waals surface area contributed by atoms with Crippen molar-refractivity contribution in [1.82, 2.24) is 19.5 Å². The molecule has 0 radical (unpaired) electrons. The van der Waals surface area contributed by atoms with Crippen molar-refractivity contribution >= 4 is 39.1 Å². The summed E-state index contributed by atoms with van der Waals surface area (Å²) < 4.78 is 36.0. The van der Waals surface area contributed by atoms with Gasteiger partial charge < -0.3 is 14.4 Å². The summed E-state index contributed by atoms with van der Waals surface area (Å²) in [5, 5.41) is 4.23. The molecule has 2 aliphatic carbocycles. The molecule has 1 saturated carbocycles. The summed E-state index contributed by atoms with van der Waals surface area (Å²) >= 11 is 6.45. The van der Waals surface area contributed by atoms with Crippen LogP contribution in [0.25, 0.3) is 0 Å². The number of aryl methyl sites for hydroxylation is 2. The average Bonchev–Trinajstić information content (AvgIpc) is 3.55. The van der Waals surface area contributed by atoms with Crippen molar-refractivity contribution in [2.45, 2.75) is 82.6 Å². The predicted octanol–water partition coefficient (Wildman–Crippen LogP) is 6.40. The van der Waals surface area contributed by atoms with Gasteiger partial charge in [0.05, 0.1) is 29.7 Å². The van der Waals surface area contributed by atoms with Crippen LogP contribution in [0, 0.1) is 17.8 Å². The summed E-state index contributed by atoms with van der Waals surface area (Å²) in [6, 6.07) is 9.53. The summed E-state index contributed by atoms with van der Waals surface area (Å²) in [7, 11) is -1.88. The largest absolute Gasteiger partial charge is 0.489 e. The van der Waals surface area contributed by atoms with Crippen LogP contribution in [-0.2, 0) is 33.0 Å². The topological polar surface area (TPSA) is 128 Å². The lowest BCUT2D eigenvalue weighted by atomic mass is 9.68. The molecule has 4 heterocycles. The van der Waals surface area contributed by atoms with Gasteiger partial charge in [0, 0.05) is 43.4 Å². The second-order valence-electron chi connectivity index (χ2n) is 14.7. The maximum absolute atomic E-state index is 14.8. The van der Waals surface area contributed by atoms with E-state index in [0.717, 1.165) is 37.1 Å². The Hall–Kier alpha value is -3.74. The first-order valence-corrected chi connectivity index (χ1v) is 20.0. The number of carbonyl (C=O) groups is 2. The summed E-state index contributed by atoms with van der Waals surface area (Å²) in [6.07, 6.45) is 12.7. The molecule has 51 heavy (non-hydrogen) atoms. The van der Waals surface area contributed by atoms with Crippen LogP contribution >= 0.6 is 11.6 Å². The third-order valence-electron chi connectivity index (χ3n) is 11.5. The highest BCUT2D eigenvalue weighted by Crippen LogP contribution is 2.46. The van der Waals surface area contributed by atoms with E-state index < -0.39 is 27.0 Å². The minimum absolute atomic E-state index is 0.0432. The number of allylic oxidation sites excluding steroid dienone is 1. The molecule has 11 nitrogen and oxygen atoms in total. The number of carbonyl (C=O) groups excluding carboxylic acids is 2. The van der Waals surface area contributed by atoms with E-state index in [2.05, 4.69) is 43.4 Å². The third-order valence-corrected chi connectivity index (χ3v) is 14.2. The first kappa shape index (κ1) is 35.7. The van der Waals surface area contributed by atoms with E-state index in [-0.39, 0.29) is 28.7 Å². The molecule has 7 rings (SSSR count). The van der Waals surface area contributed by atoms with E-state index in [1.54, 1.807) is 37.0 Å². The number of fused-ring (bicyclic) bond motifs is 4. The minimum Gasteiger partial charge on any atom is -0.489 e. The van der Waals surface area contributed by atoms with Crippen molar-refractivity contribution in [3.05, 3.63) is 82.3 Å². The average molecular weight is 735 g/mol. The van der Waals surface area contributed by atoms with E-state index >= 15 is 0 Å². The molecule has 2 aliphatic heterocycles. The van der Waals surface area contributed by atoms with Crippen LogP contribution in [0.5, 0.6) is 5.75 Å². The number of amides is 2. The van der Waals surface area contributed by atoms with Crippen molar-refractivity contribution < 1.29 is 23.3 Å². The number of aromatic nitrogens is 3. The number of hydrogen-bond donors (Lipinski definition) is 1. The van der Waals surface area contributed by atoms with Crippen LogP contribution in [0.3, 0.4) is 0 Å². The molecule has 2 bridgehead atoms. The lowest BCUT2D eigenvalue weighted by Gasteiger charge is -2.45. The zero-order chi connectivity index (χ0) is 35.9. The van der Waals surface area contributed by atoms with Gasteiger partial charge in [-0.1, -0.05) is 36.7 Å². The standard InChI is InChI=1S/C38H47ClN6O5S/c1-5-45-21-28(19-40-45)36(46)42-51(48)25(3)24(2)8-6-10-33(49-4)30-13-11-27(30)20-44-22-38(17-7-9-26-18-29(39)12-14-31(26)38)23-50-34-16-15-32(37(47)43-51)41-35(34)44/h6,10,12,14-16,18-19,21,24-25,27,30,33H,5,7-9,11,13,17,20,22-23H2,1-4H3,(H,42,43,46,47,48)/b10-6+/t24-,25+,27-,30+,33-,38-,51?/m0/s1. The van der Waals surface area contributed by atoms with Gasteiger partial charge in [-0.3, -0.25) is 19.0 Å². The van der Waals surface area contributed by atoms with E-state index in [1.807, 2.05) is 19.9 Å². The van der Waals surface area contributed by atoms with Crippen LogP contribution in [-0.4, -0.2) is 68.9 Å². The molecule has 4 aliphatic rings. The second-order valence-corrected chi connectivity index (χ2v) is 17.4. The Morgan fingerprint density at radius 3 is 2.80 bits per heavy atom. The van der Waals surface area contributed by atoms with Gasteiger partial charge in [-0.05, 0) is 106 Å². The van der Waals surface area contributed by atoms with Crippen LogP contribution in [0.15, 0.2) is 59.2 Å². The van der Waals surface area contributed by atoms with Crippen LogP contribution < -0.4 is 14.4 Å². The highest BCUT2D eigenvalue weighted by atomic mass is 35.5. The zero-order valence-electron chi connectivity index (χ0n) is 29.7. The zero-order valence-corrected chi connectivity index (χ0v) is 31.3. The molecule has 3 aromatic rings. The van der Waals surface area contributed by atoms with Gasteiger partial charge in [-0.25, -0.2) is 9.19 Å². The Morgan fingerprint density at radius 1 is 1.22 bits per heavy atom. The molecule has 272 valence electrons. The summed E-state index contributed by atoms with van der Waals surface area (Å²) in [4.78, 5) is 34.7. The van der Waals surface area contributed by atoms with E-state index in [0.29, 0.717) is 56.1 Å². The number of anilines is 1. The molecule has 2 amide bonds. The lowest BCUT2D eigenvalue weighted by molar-refractivity contribution is 0.0131. The number of benzene rings is 1. The van der Waals surface area contributed by atoms with Gasteiger partial charge in [-0.15, -0.1) is 4.36 Å². The number of rotatable bonds is 4. The van der Waals surface area contributed by atoms with Gasteiger partial charge in [0.25, 0.3) is 5.91 Å². The SMILES string of the molecule is CCn1cc(C(=O)NS2(=O)=NC(=O)c3ccc4c(n3)N(C[C@@H]3CC[C@H]3[C@@H](OC)/C=C/C[C@H](C)[C@H]2C)C[C@@]2(CCCc3cc(Cl)ccc32)CO4)cn1. The van der Waals surface area contributed by atoms with Gasteiger partial charge in [0.15, 0.2) is 11.6 Å². The van der Waals surface area contributed by atoms with Crippen molar-refractivity contribution in [2.24, 2.45) is 22.1 Å². The summed E-state index contributed by atoms with van der Waals surface area (Å²) in [5.41, 5.74) is 2.47. The summed E-state index contributed by atoms with van der Waals surface area (Å²) in [6.45, 7) is 8.03. The number of hydrogen-bond acceptors (Lipinski definition) is 8. The smallest absolute Gasteiger partial charge is 0.305 e. The maximum Gasteiger partial charge on any atom is 0.305 e. The van der Waals surface area contributed by atoms with Crippen LogP contribution in [0.4, 0.5) is 5.82 Å². The number of methoxy groups -OCH3 is 1. The fraction of sp³-hybridized carbons (Fsp3) is 0.526. The minimum atomic E-state index is -3.64. The van der Waals surface area contributed by atoms with E-state index in [4.69, 9.17) is 26.1 Å². The first-order valence-electron chi connectivity index (χ1n) is 18.0. The molecule has 1 N–H and O–H groups in total. The highest BCUT2D eigenvalue weighted by Gasteiger charge is 2.45. The third kappa shape index (κ3) is 6.94. The number of ether oxygens (including phenoxy) is 2. The molecule has 7 atom stereocenters. The molecular formula is C38H47ClN6O5S. The van der Waals surface area contributed by atoms with Gasteiger partial charge >= 0.3 is 5.91 Å². The fourth-order valence-corrected chi connectivity index (χ4v) is 10.2. The number of halogens is 1. The van der Waals surface area contributed by atoms with Crippen molar-refractivity contribution in [1.29, 1.82) is 0 Å². The second kappa shape index (κ2) is 14.4. The van der Waals surface area contributed by atoms with Gasteiger partial charge in [-0.2, -0.15) is 5.10 Å². The highest BCUT2D eigenvalue weighted by molar-refractivity contribution is 7.93. The fourth-order valence-electron chi connectivity index (χ4n) is 8.18.